The number of rotatable bonds is 3. The van der Waals surface area contributed by atoms with E-state index in [4.69, 9.17) is 14.9 Å². The summed E-state index contributed by atoms with van der Waals surface area (Å²) in [7, 11) is 0. The molecule has 1 aliphatic rings. The van der Waals surface area contributed by atoms with Crippen LogP contribution in [-0.4, -0.2) is 24.7 Å². The molecule has 4 nitrogen and oxygen atoms in total. The summed E-state index contributed by atoms with van der Waals surface area (Å²) >= 11 is 0. The normalized spacial score (nSPS) is 19.9. The Balaban J connectivity index is 2.22. The monoisotopic (exact) mass is 224 g/mol. The van der Waals surface area contributed by atoms with Gasteiger partial charge in [-0.1, -0.05) is 6.92 Å². The molecule has 0 unspecified atom stereocenters. The van der Waals surface area contributed by atoms with E-state index >= 15 is 0 Å². The fraction of sp³-hybridized carbons (Fsp3) is 0.750. The number of hydrogen-bond acceptors (Lipinski definition) is 4. The quantitative estimate of drug-likeness (QED) is 0.846. The molecule has 0 aromatic carbocycles. The van der Waals surface area contributed by atoms with Crippen molar-refractivity contribution in [1.29, 1.82) is 0 Å². The van der Waals surface area contributed by atoms with Gasteiger partial charge in [0.1, 0.15) is 5.76 Å². The first-order valence-electron chi connectivity index (χ1n) is 5.90. The Morgan fingerprint density at radius 1 is 1.38 bits per heavy atom. The molecule has 0 bridgehead atoms. The van der Waals surface area contributed by atoms with Gasteiger partial charge in [0.15, 0.2) is 0 Å². The molecule has 0 spiro atoms. The van der Waals surface area contributed by atoms with Crippen molar-refractivity contribution in [3.8, 4) is 0 Å². The highest BCUT2D eigenvalue weighted by molar-refractivity contribution is 5.14. The summed E-state index contributed by atoms with van der Waals surface area (Å²) < 4.78 is 11.2. The maximum absolute atomic E-state index is 5.85. The molecule has 16 heavy (non-hydrogen) atoms. The van der Waals surface area contributed by atoms with Crippen molar-refractivity contribution in [2.45, 2.75) is 38.5 Å². The lowest BCUT2D eigenvalue weighted by atomic mass is 9.82. The second-order valence-electron chi connectivity index (χ2n) is 4.74. The van der Waals surface area contributed by atoms with Gasteiger partial charge in [-0.05, 0) is 26.3 Å². The summed E-state index contributed by atoms with van der Waals surface area (Å²) in [6.45, 7) is 6.39. The number of hydrogen-bond donors (Lipinski definition) is 1. The molecular weight excluding hydrogens is 204 g/mol. The minimum Gasteiger partial charge on any atom is -0.445 e. The van der Waals surface area contributed by atoms with Crippen LogP contribution in [0.25, 0.3) is 0 Å². The van der Waals surface area contributed by atoms with E-state index in [0.29, 0.717) is 6.54 Å². The van der Waals surface area contributed by atoms with Crippen LogP contribution >= 0.6 is 0 Å². The number of ether oxygens (including phenoxy) is 1. The second kappa shape index (κ2) is 4.55. The lowest BCUT2D eigenvalue weighted by Gasteiger charge is -2.30. The van der Waals surface area contributed by atoms with Crippen LogP contribution in [0.2, 0.25) is 0 Å². The molecule has 1 saturated heterocycles. The van der Waals surface area contributed by atoms with Gasteiger partial charge in [-0.15, -0.1) is 0 Å². The van der Waals surface area contributed by atoms with Crippen molar-refractivity contribution in [3.05, 3.63) is 17.3 Å². The van der Waals surface area contributed by atoms with Gasteiger partial charge in [-0.2, -0.15) is 0 Å². The molecule has 4 heteroatoms. The maximum atomic E-state index is 5.85. The molecule has 1 aromatic heterocycles. The van der Waals surface area contributed by atoms with Gasteiger partial charge in [0.2, 0.25) is 5.89 Å². The molecule has 0 atom stereocenters. The summed E-state index contributed by atoms with van der Waals surface area (Å²) in [4.78, 5) is 4.55. The minimum atomic E-state index is 0.0376. The van der Waals surface area contributed by atoms with Crippen LogP contribution in [0.1, 0.15) is 37.1 Å². The zero-order valence-electron chi connectivity index (χ0n) is 10.1. The topological polar surface area (TPSA) is 61.3 Å². The molecule has 0 aliphatic carbocycles. The third-order valence-corrected chi connectivity index (χ3v) is 3.38. The molecule has 0 radical (unpaired) electrons. The molecule has 0 saturated carbocycles. The van der Waals surface area contributed by atoms with Gasteiger partial charge in [0.05, 0.1) is 5.69 Å². The minimum absolute atomic E-state index is 0.0376. The van der Waals surface area contributed by atoms with E-state index in [-0.39, 0.29) is 5.41 Å². The Kier molecular flexibility index (Phi) is 3.30. The van der Waals surface area contributed by atoms with Gasteiger partial charge in [-0.25, -0.2) is 4.98 Å². The third kappa shape index (κ3) is 2.13. The van der Waals surface area contributed by atoms with Gasteiger partial charge < -0.3 is 14.9 Å². The highest BCUT2D eigenvalue weighted by atomic mass is 16.5. The van der Waals surface area contributed by atoms with E-state index in [2.05, 4.69) is 11.9 Å². The molecule has 2 N–H and O–H groups in total. The standard InChI is InChI=1S/C12H20N2O2/c1-9-10(3-6-13)16-11(14-9)12(2)4-7-15-8-5-12/h3-8,13H2,1-2H3. The largest absolute Gasteiger partial charge is 0.445 e. The zero-order chi connectivity index (χ0) is 11.6. The molecular formula is C12H20N2O2. The predicted molar refractivity (Wildman–Crippen MR) is 61.4 cm³/mol. The predicted octanol–water partition coefficient (Wildman–Crippen LogP) is 1.55. The SMILES string of the molecule is Cc1nc(C2(C)CCOCC2)oc1CCN. The molecule has 2 rings (SSSR count). The summed E-state index contributed by atoms with van der Waals surface area (Å²) in [5.74, 6) is 1.79. The van der Waals surface area contributed by atoms with Crippen LogP contribution in [0.3, 0.4) is 0 Å². The van der Waals surface area contributed by atoms with Crippen LogP contribution < -0.4 is 5.73 Å². The van der Waals surface area contributed by atoms with E-state index in [1.165, 1.54) is 0 Å². The summed E-state index contributed by atoms with van der Waals surface area (Å²) in [6, 6.07) is 0. The lowest BCUT2D eigenvalue weighted by molar-refractivity contribution is 0.0466. The van der Waals surface area contributed by atoms with Crippen LogP contribution in [0.4, 0.5) is 0 Å². The van der Waals surface area contributed by atoms with Crippen LogP contribution in [0, 0.1) is 6.92 Å². The number of nitrogens with zero attached hydrogens (tertiary/aromatic N) is 1. The molecule has 1 aliphatic heterocycles. The van der Waals surface area contributed by atoms with E-state index in [9.17, 15) is 0 Å². The lowest BCUT2D eigenvalue weighted by Crippen LogP contribution is -2.30. The molecule has 1 fully saturated rings. The van der Waals surface area contributed by atoms with Crippen molar-refractivity contribution < 1.29 is 9.15 Å². The Hall–Kier alpha value is -0.870. The summed E-state index contributed by atoms with van der Waals surface area (Å²) in [5.41, 5.74) is 6.56. The van der Waals surface area contributed by atoms with E-state index in [1.807, 2.05) is 6.92 Å². The molecule has 0 amide bonds. The highest BCUT2D eigenvalue weighted by Crippen LogP contribution is 2.34. The Bertz CT molecular complexity index is 354. The number of oxazole rings is 1. The number of nitrogens with two attached hydrogens (primary N) is 1. The highest BCUT2D eigenvalue weighted by Gasteiger charge is 2.34. The first-order chi connectivity index (χ1) is 7.65. The van der Waals surface area contributed by atoms with Crippen LogP contribution in [0.5, 0.6) is 0 Å². The Morgan fingerprint density at radius 3 is 2.69 bits per heavy atom. The van der Waals surface area contributed by atoms with Crippen molar-refractivity contribution in [3.63, 3.8) is 0 Å². The molecule has 2 heterocycles. The van der Waals surface area contributed by atoms with Crippen LogP contribution in [-0.2, 0) is 16.6 Å². The first-order valence-corrected chi connectivity index (χ1v) is 5.90. The molecule has 90 valence electrons. The molecule has 1 aromatic rings. The van der Waals surface area contributed by atoms with Crippen molar-refractivity contribution in [2.75, 3.05) is 19.8 Å². The Morgan fingerprint density at radius 2 is 2.06 bits per heavy atom. The van der Waals surface area contributed by atoms with Crippen molar-refractivity contribution in [1.82, 2.24) is 4.98 Å². The average Bonchev–Trinajstić information content (AvgIpc) is 2.63. The first kappa shape index (κ1) is 11.6. The zero-order valence-corrected chi connectivity index (χ0v) is 10.1. The second-order valence-corrected chi connectivity index (χ2v) is 4.74. The van der Waals surface area contributed by atoms with E-state index < -0.39 is 0 Å². The maximum Gasteiger partial charge on any atom is 0.200 e. The van der Waals surface area contributed by atoms with Crippen molar-refractivity contribution in [2.24, 2.45) is 5.73 Å². The fourth-order valence-corrected chi connectivity index (χ4v) is 2.09. The van der Waals surface area contributed by atoms with Gasteiger partial charge in [0.25, 0.3) is 0 Å². The summed E-state index contributed by atoms with van der Waals surface area (Å²) in [5, 5.41) is 0. The van der Waals surface area contributed by atoms with Crippen molar-refractivity contribution >= 4 is 0 Å². The van der Waals surface area contributed by atoms with Crippen LogP contribution in [0.15, 0.2) is 4.42 Å². The van der Waals surface area contributed by atoms with Gasteiger partial charge in [0, 0.05) is 25.0 Å². The average molecular weight is 224 g/mol. The van der Waals surface area contributed by atoms with Gasteiger partial charge in [-0.3, -0.25) is 0 Å². The smallest absolute Gasteiger partial charge is 0.200 e. The number of aryl methyl sites for hydroxylation is 1. The van der Waals surface area contributed by atoms with E-state index in [1.54, 1.807) is 0 Å². The van der Waals surface area contributed by atoms with Gasteiger partial charge >= 0.3 is 0 Å². The van der Waals surface area contributed by atoms with E-state index in [0.717, 1.165) is 49.8 Å². The third-order valence-electron chi connectivity index (χ3n) is 3.38. The Labute approximate surface area is 96.2 Å². The fourth-order valence-electron chi connectivity index (χ4n) is 2.09. The summed E-state index contributed by atoms with van der Waals surface area (Å²) in [6.07, 6.45) is 2.73. The number of aromatic nitrogens is 1.